The van der Waals surface area contributed by atoms with E-state index in [4.69, 9.17) is 14.2 Å². The van der Waals surface area contributed by atoms with E-state index < -0.39 is 10.0 Å². The van der Waals surface area contributed by atoms with Gasteiger partial charge in [-0.05, 0) is 49.9 Å². The van der Waals surface area contributed by atoms with Crippen LogP contribution < -0.4 is 14.2 Å². The normalized spacial score (nSPS) is 17.7. The molecule has 0 aliphatic carbocycles. The van der Waals surface area contributed by atoms with Crippen molar-refractivity contribution in [2.24, 2.45) is 0 Å². The smallest absolute Gasteiger partial charge is 0.274 e. The van der Waals surface area contributed by atoms with Gasteiger partial charge in [0.05, 0.1) is 15.1 Å². The third kappa shape index (κ3) is 3.86. The van der Waals surface area contributed by atoms with Crippen LogP contribution >= 0.6 is 11.3 Å². The maximum Gasteiger partial charge on any atom is 0.274 e. The Labute approximate surface area is 185 Å². The van der Waals surface area contributed by atoms with Gasteiger partial charge in [0, 0.05) is 19.2 Å². The Morgan fingerprint density at radius 2 is 1.74 bits per heavy atom. The summed E-state index contributed by atoms with van der Waals surface area (Å²) in [6.45, 7) is 5.83. The molecule has 0 saturated carbocycles. The summed E-state index contributed by atoms with van der Waals surface area (Å²) in [7, 11) is -3.59. The standard InChI is InChI=1S/C22H24N2O5S2/c1-14-3-4-15(2)21-20(14)23-22(30-21)29-16-7-9-24(10-8-16)31(25,26)17-5-6-18-19(13-17)28-12-11-27-18/h3-6,13,16H,7-12H2,1-2H3. The fourth-order valence-electron chi connectivity index (χ4n) is 3.96. The van der Waals surface area contributed by atoms with Crippen LogP contribution in [0.25, 0.3) is 10.2 Å². The number of sulfonamides is 1. The van der Waals surface area contributed by atoms with Crippen molar-refractivity contribution in [2.75, 3.05) is 26.3 Å². The molecular formula is C22H24N2O5S2. The van der Waals surface area contributed by atoms with Gasteiger partial charge in [0.15, 0.2) is 11.5 Å². The molecule has 0 atom stereocenters. The van der Waals surface area contributed by atoms with E-state index in [1.54, 1.807) is 29.5 Å². The Morgan fingerprint density at radius 3 is 2.48 bits per heavy atom. The first-order valence-electron chi connectivity index (χ1n) is 10.3. The van der Waals surface area contributed by atoms with Crippen LogP contribution in [-0.2, 0) is 10.0 Å². The van der Waals surface area contributed by atoms with Crippen molar-refractivity contribution in [1.29, 1.82) is 0 Å². The zero-order valence-corrected chi connectivity index (χ0v) is 19.1. The zero-order chi connectivity index (χ0) is 21.6. The van der Waals surface area contributed by atoms with E-state index >= 15 is 0 Å². The van der Waals surface area contributed by atoms with Gasteiger partial charge in [0.25, 0.3) is 5.19 Å². The summed E-state index contributed by atoms with van der Waals surface area (Å²) in [5.41, 5.74) is 3.30. The van der Waals surface area contributed by atoms with E-state index in [2.05, 4.69) is 24.0 Å². The van der Waals surface area contributed by atoms with Gasteiger partial charge in [-0.1, -0.05) is 23.5 Å². The Hall–Kier alpha value is -2.36. The summed E-state index contributed by atoms with van der Waals surface area (Å²) in [4.78, 5) is 4.89. The van der Waals surface area contributed by atoms with Crippen LogP contribution in [0.3, 0.4) is 0 Å². The van der Waals surface area contributed by atoms with E-state index in [9.17, 15) is 8.42 Å². The number of aromatic nitrogens is 1. The van der Waals surface area contributed by atoms with Crippen LogP contribution in [-0.4, -0.2) is 50.1 Å². The predicted octanol–water partition coefficient (Wildman–Crippen LogP) is 3.92. The molecule has 0 spiro atoms. The van der Waals surface area contributed by atoms with Crippen LogP contribution in [0.5, 0.6) is 16.7 Å². The average molecular weight is 461 g/mol. The number of piperidine rings is 1. The van der Waals surface area contributed by atoms with Crippen molar-refractivity contribution >= 4 is 31.6 Å². The van der Waals surface area contributed by atoms with Gasteiger partial charge in [-0.2, -0.15) is 4.31 Å². The molecular weight excluding hydrogens is 436 g/mol. The molecule has 3 heterocycles. The van der Waals surface area contributed by atoms with E-state index in [1.807, 2.05) is 6.92 Å². The van der Waals surface area contributed by atoms with Gasteiger partial charge in [-0.15, -0.1) is 0 Å². The average Bonchev–Trinajstić information content (AvgIpc) is 3.21. The minimum absolute atomic E-state index is 0.0482. The molecule has 7 nitrogen and oxygen atoms in total. The molecule has 1 saturated heterocycles. The van der Waals surface area contributed by atoms with Crippen LogP contribution in [0.1, 0.15) is 24.0 Å². The molecule has 0 amide bonds. The van der Waals surface area contributed by atoms with Crippen molar-refractivity contribution in [1.82, 2.24) is 9.29 Å². The van der Waals surface area contributed by atoms with Crippen molar-refractivity contribution in [2.45, 2.75) is 37.7 Å². The molecule has 2 aromatic carbocycles. The highest BCUT2D eigenvalue weighted by Gasteiger charge is 2.31. The second-order valence-corrected chi connectivity index (χ2v) is 10.8. The molecule has 9 heteroatoms. The van der Waals surface area contributed by atoms with E-state index in [0.717, 1.165) is 15.8 Å². The number of hydrogen-bond acceptors (Lipinski definition) is 7. The summed E-state index contributed by atoms with van der Waals surface area (Å²) >= 11 is 1.56. The largest absolute Gasteiger partial charge is 0.486 e. The first-order valence-corrected chi connectivity index (χ1v) is 12.6. The molecule has 0 unspecified atom stereocenters. The summed E-state index contributed by atoms with van der Waals surface area (Å²) in [6, 6.07) is 8.97. The molecule has 164 valence electrons. The molecule has 31 heavy (non-hydrogen) atoms. The molecule has 1 aromatic heterocycles. The van der Waals surface area contributed by atoms with Gasteiger partial charge in [0.1, 0.15) is 19.3 Å². The van der Waals surface area contributed by atoms with Crippen LogP contribution in [0.15, 0.2) is 35.2 Å². The summed E-state index contributed by atoms with van der Waals surface area (Å²) in [5.74, 6) is 1.06. The SMILES string of the molecule is Cc1ccc(C)c2sc(OC3CCN(S(=O)(=O)c4ccc5c(c4)OCCO5)CC3)nc12. The number of rotatable bonds is 4. The lowest BCUT2D eigenvalue weighted by molar-refractivity contribution is 0.135. The van der Waals surface area contributed by atoms with Gasteiger partial charge in [-0.25, -0.2) is 13.4 Å². The number of ether oxygens (including phenoxy) is 3. The third-order valence-corrected chi connectivity index (χ3v) is 8.72. The fourth-order valence-corrected chi connectivity index (χ4v) is 6.47. The second-order valence-electron chi connectivity index (χ2n) is 7.88. The summed E-state index contributed by atoms with van der Waals surface area (Å²) < 4.78 is 46.1. The molecule has 1 fully saturated rings. The van der Waals surface area contributed by atoms with Gasteiger partial charge in [0.2, 0.25) is 10.0 Å². The fraction of sp³-hybridized carbons (Fsp3) is 0.409. The van der Waals surface area contributed by atoms with E-state index in [-0.39, 0.29) is 11.0 Å². The highest BCUT2D eigenvalue weighted by Crippen LogP contribution is 2.35. The van der Waals surface area contributed by atoms with Crippen LogP contribution in [0.2, 0.25) is 0 Å². The van der Waals surface area contributed by atoms with Crippen molar-refractivity contribution in [3.05, 3.63) is 41.5 Å². The second kappa shape index (κ2) is 7.96. The monoisotopic (exact) mass is 460 g/mol. The maximum atomic E-state index is 13.1. The van der Waals surface area contributed by atoms with E-state index in [1.165, 1.54) is 9.87 Å². The first kappa shape index (κ1) is 20.5. The lowest BCUT2D eigenvalue weighted by Gasteiger charge is -2.31. The number of thiazole rings is 1. The Balaban J connectivity index is 1.27. The minimum Gasteiger partial charge on any atom is -0.486 e. The van der Waals surface area contributed by atoms with Gasteiger partial charge in [-0.3, -0.25) is 0 Å². The van der Waals surface area contributed by atoms with Gasteiger partial charge < -0.3 is 14.2 Å². The topological polar surface area (TPSA) is 78.0 Å². The molecule has 2 aliphatic heterocycles. The van der Waals surface area contributed by atoms with Crippen molar-refractivity contribution in [3.63, 3.8) is 0 Å². The quantitative estimate of drug-likeness (QED) is 0.587. The zero-order valence-electron chi connectivity index (χ0n) is 17.5. The number of aryl methyl sites for hydroxylation is 2. The molecule has 0 bridgehead atoms. The third-order valence-electron chi connectivity index (χ3n) is 5.74. The van der Waals surface area contributed by atoms with E-state index in [0.29, 0.717) is 55.8 Å². The number of hydrogen-bond donors (Lipinski definition) is 0. The highest BCUT2D eigenvalue weighted by molar-refractivity contribution is 7.89. The number of nitrogens with zero attached hydrogens (tertiary/aromatic N) is 2. The first-order chi connectivity index (χ1) is 14.9. The number of fused-ring (bicyclic) bond motifs is 2. The maximum absolute atomic E-state index is 13.1. The molecule has 3 aromatic rings. The molecule has 0 radical (unpaired) electrons. The lowest BCUT2D eigenvalue weighted by Crippen LogP contribution is -2.41. The van der Waals surface area contributed by atoms with Gasteiger partial charge >= 0.3 is 0 Å². The summed E-state index contributed by atoms with van der Waals surface area (Å²) in [5, 5.41) is 0.653. The Kier molecular flexibility index (Phi) is 5.27. The molecule has 2 aliphatic rings. The van der Waals surface area contributed by atoms with Crippen LogP contribution in [0.4, 0.5) is 0 Å². The Morgan fingerprint density at radius 1 is 1.03 bits per heavy atom. The predicted molar refractivity (Wildman–Crippen MR) is 119 cm³/mol. The van der Waals surface area contributed by atoms with Crippen molar-refractivity contribution < 1.29 is 22.6 Å². The van der Waals surface area contributed by atoms with Crippen molar-refractivity contribution in [3.8, 4) is 16.7 Å². The molecule has 0 N–H and O–H groups in total. The van der Waals surface area contributed by atoms with Crippen LogP contribution in [0, 0.1) is 13.8 Å². The lowest BCUT2D eigenvalue weighted by atomic mass is 10.1. The Bertz CT molecular complexity index is 1190. The minimum atomic E-state index is -3.59. The highest BCUT2D eigenvalue weighted by atomic mass is 32.2. The number of benzene rings is 2. The molecule has 5 rings (SSSR count). The summed E-state index contributed by atoms with van der Waals surface area (Å²) in [6.07, 6.45) is 1.20.